The van der Waals surface area contributed by atoms with Gasteiger partial charge in [0.1, 0.15) is 11.7 Å². The monoisotopic (exact) mass is 284 g/mol. The van der Waals surface area contributed by atoms with Crippen LogP contribution >= 0.6 is 11.6 Å². The number of hydrogen-bond acceptors (Lipinski definition) is 4. The average molecular weight is 285 g/mol. The molecular weight excluding hydrogens is 268 g/mol. The molecule has 0 saturated carbocycles. The van der Waals surface area contributed by atoms with Crippen molar-refractivity contribution in [1.82, 2.24) is 9.88 Å². The Hall–Kier alpha value is -1.62. The van der Waals surface area contributed by atoms with Gasteiger partial charge in [-0.2, -0.15) is 0 Å². The summed E-state index contributed by atoms with van der Waals surface area (Å²) in [5.74, 6) is -0.683. The Balaban J connectivity index is 2.86. The van der Waals surface area contributed by atoms with Crippen molar-refractivity contribution in [2.75, 3.05) is 19.7 Å². The fourth-order valence-corrected chi connectivity index (χ4v) is 1.87. The molecule has 0 bridgehead atoms. The van der Waals surface area contributed by atoms with E-state index in [1.54, 1.807) is 26.8 Å². The number of ether oxygens (including phenoxy) is 1. The lowest BCUT2D eigenvalue weighted by Crippen LogP contribution is -2.36. The first-order valence-corrected chi connectivity index (χ1v) is 6.44. The smallest absolute Gasteiger partial charge is 0.325 e. The number of hydrogen-bond donors (Lipinski definition) is 0. The SMILES string of the molecule is CCOC(=O)CN(CC)C(=O)c1cc(C)nc(Cl)c1. The summed E-state index contributed by atoms with van der Waals surface area (Å²) in [5.41, 5.74) is 1.08. The van der Waals surface area contributed by atoms with Gasteiger partial charge in [0.25, 0.3) is 5.91 Å². The van der Waals surface area contributed by atoms with E-state index >= 15 is 0 Å². The van der Waals surface area contributed by atoms with Crippen LogP contribution in [0.4, 0.5) is 0 Å². The lowest BCUT2D eigenvalue weighted by molar-refractivity contribution is -0.143. The predicted molar refractivity (Wildman–Crippen MR) is 72.2 cm³/mol. The van der Waals surface area contributed by atoms with Crippen molar-refractivity contribution in [2.45, 2.75) is 20.8 Å². The highest BCUT2D eigenvalue weighted by Gasteiger charge is 2.18. The molecular formula is C13H17ClN2O3. The van der Waals surface area contributed by atoms with Gasteiger partial charge in [0.2, 0.25) is 0 Å². The first-order valence-electron chi connectivity index (χ1n) is 6.07. The van der Waals surface area contributed by atoms with Gasteiger partial charge < -0.3 is 9.64 Å². The molecule has 1 amide bonds. The molecule has 0 unspecified atom stereocenters. The normalized spacial score (nSPS) is 10.1. The maximum absolute atomic E-state index is 12.3. The number of pyridine rings is 1. The summed E-state index contributed by atoms with van der Waals surface area (Å²) >= 11 is 5.82. The van der Waals surface area contributed by atoms with Gasteiger partial charge in [-0.3, -0.25) is 9.59 Å². The van der Waals surface area contributed by atoms with Gasteiger partial charge in [-0.15, -0.1) is 0 Å². The molecule has 0 aliphatic rings. The number of carbonyl (C=O) groups is 2. The summed E-state index contributed by atoms with van der Waals surface area (Å²) in [5, 5.41) is 0.260. The van der Waals surface area contributed by atoms with E-state index < -0.39 is 5.97 Å². The second kappa shape index (κ2) is 7.09. The molecule has 0 aliphatic carbocycles. The largest absolute Gasteiger partial charge is 0.465 e. The molecule has 5 nitrogen and oxygen atoms in total. The minimum Gasteiger partial charge on any atom is -0.465 e. The van der Waals surface area contributed by atoms with E-state index in [-0.39, 0.29) is 17.6 Å². The Morgan fingerprint density at radius 3 is 2.58 bits per heavy atom. The molecule has 0 atom stereocenters. The second-order valence-corrected chi connectivity index (χ2v) is 4.33. The number of halogens is 1. The molecule has 104 valence electrons. The van der Waals surface area contributed by atoms with E-state index in [9.17, 15) is 9.59 Å². The Morgan fingerprint density at radius 1 is 1.37 bits per heavy atom. The van der Waals surface area contributed by atoms with Crippen molar-refractivity contribution in [2.24, 2.45) is 0 Å². The van der Waals surface area contributed by atoms with Crippen molar-refractivity contribution in [3.05, 3.63) is 28.5 Å². The fourth-order valence-electron chi connectivity index (χ4n) is 1.62. The summed E-state index contributed by atoms with van der Waals surface area (Å²) in [6.45, 7) is 5.92. The van der Waals surface area contributed by atoms with Crippen LogP contribution in [0.2, 0.25) is 5.15 Å². The van der Waals surface area contributed by atoms with E-state index in [4.69, 9.17) is 16.3 Å². The van der Waals surface area contributed by atoms with Gasteiger partial charge in [0, 0.05) is 17.8 Å². The standard InChI is InChI=1S/C13H17ClN2O3/c1-4-16(8-12(17)19-5-2)13(18)10-6-9(3)15-11(14)7-10/h6-7H,4-5,8H2,1-3H3. The maximum Gasteiger partial charge on any atom is 0.325 e. The molecule has 6 heteroatoms. The third-order valence-electron chi connectivity index (χ3n) is 2.46. The van der Waals surface area contributed by atoms with Crippen molar-refractivity contribution >= 4 is 23.5 Å². The summed E-state index contributed by atoms with van der Waals surface area (Å²) in [7, 11) is 0. The van der Waals surface area contributed by atoms with Crippen LogP contribution in [0.1, 0.15) is 29.9 Å². The third-order valence-corrected chi connectivity index (χ3v) is 2.66. The Bertz CT molecular complexity index is 457. The molecule has 0 spiro atoms. The minimum absolute atomic E-state index is 0.0673. The van der Waals surface area contributed by atoms with Crippen LogP contribution in [-0.2, 0) is 9.53 Å². The highest BCUT2D eigenvalue weighted by molar-refractivity contribution is 6.29. The van der Waals surface area contributed by atoms with E-state index in [2.05, 4.69) is 4.98 Å². The highest BCUT2D eigenvalue weighted by atomic mass is 35.5. The highest BCUT2D eigenvalue weighted by Crippen LogP contribution is 2.12. The maximum atomic E-state index is 12.3. The number of amides is 1. The van der Waals surface area contributed by atoms with Crippen molar-refractivity contribution < 1.29 is 14.3 Å². The fraction of sp³-hybridized carbons (Fsp3) is 0.462. The van der Waals surface area contributed by atoms with Crippen LogP contribution in [-0.4, -0.2) is 41.5 Å². The van der Waals surface area contributed by atoms with Crippen LogP contribution in [0.15, 0.2) is 12.1 Å². The van der Waals surface area contributed by atoms with Gasteiger partial charge in [-0.1, -0.05) is 11.6 Å². The van der Waals surface area contributed by atoms with Crippen LogP contribution in [0, 0.1) is 6.92 Å². The van der Waals surface area contributed by atoms with Gasteiger partial charge >= 0.3 is 5.97 Å². The number of esters is 1. The summed E-state index contributed by atoms with van der Waals surface area (Å²) in [6.07, 6.45) is 0. The van der Waals surface area contributed by atoms with Crippen LogP contribution in [0.25, 0.3) is 0 Å². The summed E-state index contributed by atoms with van der Waals surface area (Å²) in [6, 6.07) is 3.13. The molecule has 0 fully saturated rings. The molecule has 1 aromatic rings. The van der Waals surface area contributed by atoms with Gasteiger partial charge in [-0.05, 0) is 32.9 Å². The zero-order valence-corrected chi connectivity index (χ0v) is 12.0. The van der Waals surface area contributed by atoms with E-state index in [1.807, 2.05) is 0 Å². The second-order valence-electron chi connectivity index (χ2n) is 3.94. The van der Waals surface area contributed by atoms with Crippen molar-refractivity contribution in [3.8, 4) is 0 Å². The molecule has 0 aromatic carbocycles. The Labute approximate surface area is 117 Å². The number of likely N-dealkylation sites (N-methyl/N-ethyl adjacent to an activating group) is 1. The first kappa shape index (κ1) is 15.4. The van der Waals surface area contributed by atoms with Crippen molar-refractivity contribution in [1.29, 1.82) is 0 Å². The molecule has 0 radical (unpaired) electrons. The van der Waals surface area contributed by atoms with Crippen LogP contribution < -0.4 is 0 Å². The summed E-state index contributed by atoms with van der Waals surface area (Å²) in [4.78, 5) is 29.1. The average Bonchev–Trinajstić information content (AvgIpc) is 2.34. The van der Waals surface area contributed by atoms with Gasteiger partial charge in [0.05, 0.1) is 6.61 Å². The van der Waals surface area contributed by atoms with E-state index in [1.165, 1.54) is 11.0 Å². The van der Waals surface area contributed by atoms with E-state index in [0.29, 0.717) is 24.4 Å². The Kier molecular flexibility index (Phi) is 5.76. The van der Waals surface area contributed by atoms with Gasteiger partial charge in [0.15, 0.2) is 0 Å². The number of aryl methyl sites for hydroxylation is 1. The van der Waals surface area contributed by atoms with Crippen molar-refractivity contribution in [3.63, 3.8) is 0 Å². The molecule has 1 rings (SSSR count). The summed E-state index contributed by atoms with van der Waals surface area (Å²) < 4.78 is 4.84. The molecule has 0 aliphatic heterocycles. The number of rotatable bonds is 5. The van der Waals surface area contributed by atoms with Gasteiger partial charge in [-0.25, -0.2) is 4.98 Å². The third kappa shape index (κ3) is 4.52. The number of aromatic nitrogens is 1. The first-order chi connectivity index (χ1) is 8.97. The molecule has 1 aromatic heterocycles. The number of carbonyl (C=O) groups excluding carboxylic acids is 2. The lowest BCUT2D eigenvalue weighted by atomic mass is 10.2. The zero-order valence-electron chi connectivity index (χ0n) is 11.3. The molecule has 0 N–H and O–H groups in total. The van der Waals surface area contributed by atoms with Crippen LogP contribution in [0.5, 0.6) is 0 Å². The molecule has 0 saturated heterocycles. The zero-order chi connectivity index (χ0) is 14.4. The van der Waals surface area contributed by atoms with Crippen LogP contribution in [0.3, 0.4) is 0 Å². The van der Waals surface area contributed by atoms with E-state index in [0.717, 1.165) is 0 Å². The lowest BCUT2D eigenvalue weighted by Gasteiger charge is -2.20. The Morgan fingerprint density at radius 2 is 2.05 bits per heavy atom. The topological polar surface area (TPSA) is 59.5 Å². The predicted octanol–water partition coefficient (Wildman–Crippen LogP) is 2.07. The molecule has 19 heavy (non-hydrogen) atoms. The molecule has 1 heterocycles. The number of nitrogens with zero attached hydrogens (tertiary/aromatic N) is 2. The minimum atomic E-state index is -0.422. The quantitative estimate of drug-likeness (QED) is 0.613.